The molecule has 0 aliphatic carbocycles. The van der Waals surface area contributed by atoms with Gasteiger partial charge < -0.3 is 20.5 Å². The molecule has 5 nitrogen and oxygen atoms in total. The highest BCUT2D eigenvalue weighted by Crippen LogP contribution is 2.34. The van der Waals surface area contributed by atoms with Crippen LogP contribution in [-0.4, -0.2) is 19.2 Å². The van der Waals surface area contributed by atoms with E-state index in [4.69, 9.17) is 15.2 Å². The number of nitrogens with two attached hydrogens (primary N) is 1. The summed E-state index contributed by atoms with van der Waals surface area (Å²) in [7, 11) is 0. The first-order valence-corrected chi connectivity index (χ1v) is 6.65. The van der Waals surface area contributed by atoms with Crippen LogP contribution < -0.4 is 20.5 Å². The quantitative estimate of drug-likeness (QED) is 0.825. The van der Waals surface area contributed by atoms with Crippen molar-refractivity contribution < 1.29 is 14.3 Å². The fraction of sp³-hybridized carbons (Fsp3) is 0.500. The predicted molar refractivity (Wildman–Crippen MR) is 73.3 cm³/mol. The SMILES string of the molecule is CCC(CCCN)C(=O)Nc1ccc2c(c1)OCO2. The molecule has 2 rings (SSSR count). The number of amides is 1. The lowest BCUT2D eigenvalue weighted by Crippen LogP contribution is -2.23. The summed E-state index contributed by atoms with van der Waals surface area (Å²) >= 11 is 0. The predicted octanol–water partition coefficient (Wildman–Crippen LogP) is 2.12. The average molecular weight is 264 g/mol. The minimum absolute atomic E-state index is 0.00831. The molecule has 0 saturated carbocycles. The topological polar surface area (TPSA) is 73.6 Å². The molecule has 0 radical (unpaired) electrons. The van der Waals surface area contributed by atoms with Gasteiger partial charge in [0.15, 0.2) is 11.5 Å². The second kappa shape index (κ2) is 6.43. The summed E-state index contributed by atoms with van der Waals surface area (Å²) in [5.41, 5.74) is 6.22. The molecule has 0 saturated heterocycles. The van der Waals surface area contributed by atoms with Crippen LogP contribution in [0.1, 0.15) is 26.2 Å². The summed E-state index contributed by atoms with van der Waals surface area (Å²) in [5.74, 6) is 1.43. The molecular weight excluding hydrogens is 244 g/mol. The Morgan fingerprint density at radius 1 is 1.42 bits per heavy atom. The Kier molecular flexibility index (Phi) is 4.63. The molecule has 1 atom stereocenters. The molecule has 1 aromatic rings. The Morgan fingerprint density at radius 2 is 2.21 bits per heavy atom. The van der Waals surface area contributed by atoms with Gasteiger partial charge in [-0.15, -0.1) is 0 Å². The number of hydrogen-bond donors (Lipinski definition) is 2. The molecule has 1 unspecified atom stereocenters. The zero-order chi connectivity index (χ0) is 13.7. The number of rotatable bonds is 6. The fourth-order valence-corrected chi connectivity index (χ4v) is 2.10. The average Bonchev–Trinajstić information content (AvgIpc) is 2.87. The van der Waals surface area contributed by atoms with Gasteiger partial charge in [-0.1, -0.05) is 6.92 Å². The van der Waals surface area contributed by atoms with Gasteiger partial charge in [-0.25, -0.2) is 0 Å². The van der Waals surface area contributed by atoms with Crippen molar-refractivity contribution >= 4 is 11.6 Å². The van der Waals surface area contributed by atoms with E-state index in [0.29, 0.717) is 18.0 Å². The summed E-state index contributed by atoms with van der Waals surface area (Å²) in [5, 5.41) is 2.92. The van der Waals surface area contributed by atoms with Gasteiger partial charge in [0.1, 0.15) is 0 Å². The molecule has 3 N–H and O–H groups in total. The molecule has 1 aromatic carbocycles. The van der Waals surface area contributed by atoms with Crippen LogP contribution in [0, 0.1) is 5.92 Å². The number of ether oxygens (including phenoxy) is 2. The van der Waals surface area contributed by atoms with E-state index in [2.05, 4.69) is 5.32 Å². The standard InChI is InChI=1S/C14H20N2O3/c1-2-10(4-3-7-15)14(17)16-11-5-6-12-13(8-11)19-9-18-12/h5-6,8,10H,2-4,7,9,15H2,1H3,(H,16,17). The number of carbonyl (C=O) groups is 1. The number of benzene rings is 1. The van der Waals surface area contributed by atoms with E-state index < -0.39 is 0 Å². The Hall–Kier alpha value is -1.75. The van der Waals surface area contributed by atoms with Crippen molar-refractivity contribution in [3.8, 4) is 11.5 Å². The third kappa shape index (κ3) is 3.38. The van der Waals surface area contributed by atoms with Crippen molar-refractivity contribution in [1.29, 1.82) is 0 Å². The second-order valence-electron chi connectivity index (χ2n) is 4.59. The molecule has 0 fully saturated rings. The van der Waals surface area contributed by atoms with Crippen LogP contribution in [0.25, 0.3) is 0 Å². The van der Waals surface area contributed by atoms with Crippen molar-refractivity contribution in [3.63, 3.8) is 0 Å². The number of anilines is 1. The van der Waals surface area contributed by atoms with E-state index >= 15 is 0 Å². The molecule has 1 heterocycles. The summed E-state index contributed by atoms with van der Waals surface area (Å²) in [6, 6.07) is 5.41. The lowest BCUT2D eigenvalue weighted by atomic mass is 9.99. The van der Waals surface area contributed by atoms with Gasteiger partial charge in [-0.05, 0) is 37.9 Å². The third-order valence-electron chi connectivity index (χ3n) is 3.26. The van der Waals surface area contributed by atoms with Gasteiger partial charge in [0, 0.05) is 17.7 Å². The fourth-order valence-electron chi connectivity index (χ4n) is 2.10. The maximum atomic E-state index is 12.1. The van der Waals surface area contributed by atoms with Gasteiger partial charge in [0.25, 0.3) is 0 Å². The molecule has 1 amide bonds. The van der Waals surface area contributed by atoms with Crippen LogP contribution >= 0.6 is 0 Å². The molecule has 0 spiro atoms. The van der Waals surface area contributed by atoms with Gasteiger partial charge in [-0.2, -0.15) is 0 Å². The van der Waals surface area contributed by atoms with Crippen LogP contribution in [0.15, 0.2) is 18.2 Å². The minimum Gasteiger partial charge on any atom is -0.454 e. The largest absolute Gasteiger partial charge is 0.454 e. The number of nitrogens with one attached hydrogen (secondary N) is 1. The van der Waals surface area contributed by atoms with Gasteiger partial charge >= 0.3 is 0 Å². The van der Waals surface area contributed by atoms with Crippen LogP contribution in [-0.2, 0) is 4.79 Å². The Labute approximate surface area is 113 Å². The van der Waals surface area contributed by atoms with Crippen LogP contribution in [0.4, 0.5) is 5.69 Å². The van der Waals surface area contributed by atoms with E-state index in [9.17, 15) is 4.79 Å². The smallest absolute Gasteiger partial charge is 0.231 e. The Bertz CT molecular complexity index is 448. The highest BCUT2D eigenvalue weighted by molar-refractivity contribution is 5.92. The summed E-state index contributed by atoms with van der Waals surface area (Å²) in [4.78, 5) is 12.1. The molecule has 0 bridgehead atoms. The zero-order valence-electron chi connectivity index (χ0n) is 11.1. The molecule has 1 aliphatic heterocycles. The first-order chi connectivity index (χ1) is 9.24. The molecule has 0 aromatic heterocycles. The normalized spacial score (nSPS) is 14.2. The van der Waals surface area contributed by atoms with E-state index in [1.165, 1.54) is 0 Å². The first kappa shape index (κ1) is 13.7. The van der Waals surface area contributed by atoms with Crippen LogP contribution in [0.5, 0.6) is 11.5 Å². The Balaban J connectivity index is 1.97. The van der Waals surface area contributed by atoms with Crippen LogP contribution in [0.3, 0.4) is 0 Å². The molecule has 104 valence electrons. The highest BCUT2D eigenvalue weighted by Gasteiger charge is 2.18. The van der Waals surface area contributed by atoms with Crippen molar-refractivity contribution in [3.05, 3.63) is 18.2 Å². The van der Waals surface area contributed by atoms with E-state index in [-0.39, 0.29) is 18.6 Å². The summed E-state index contributed by atoms with van der Waals surface area (Å²) in [6.45, 7) is 2.87. The number of hydrogen-bond acceptors (Lipinski definition) is 4. The Morgan fingerprint density at radius 3 is 2.95 bits per heavy atom. The van der Waals surface area contributed by atoms with E-state index in [1.807, 2.05) is 13.0 Å². The monoisotopic (exact) mass is 264 g/mol. The van der Waals surface area contributed by atoms with Gasteiger partial charge in [0.2, 0.25) is 12.7 Å². The van der Waals surface area contributed by atoms with Gasteiger partial charge in [0.05, 0.1) is 0 Å². The van der Waals surface area contributed by atoms with E-state index in [0.717, 1.165) is 24.9 Å². The maximum Gasteiger partial charge on any atom is 0.231 e. The highest BCUT2D eigenvalue weighted by atomic mass is 16.7. The number of fused-ring (bicyclic) bond motifs is 1. The van der Waals surface area contributed by atoms with Gasteiger partial charge in [-0.3, -0.25) is 4.79 Å². The minimum atomic E-state index is 0.00831. The third-order valence-corrected chi connectivity index (χ3v) is 3.26. The number of carbonyl (C=O) groups excluding carboxylic acids is 1. The van der Waals surface area contributed by atoms with E-state index in [1.54, 1.807) is 12.1 Å². The van der Waals surface area contributed by atoms with Crippen molar-refractivity contribution in [2.24, 2.45) is 11.7 Å². The molecule has 19 heavy (non-hydrogen) atoms. The molecular formula is C14H20N2O3. The molecule has 5 heteroatoms. The lowest BCUT2D eigenvalue weighted by molar-refractivity contribution is -0.120. The summed E-state index contributed by atoms with van der Waals surface area (Å²) in [6.07, 6.45) is 2.51. The molecule has 1 aliphatic rings. The van der Waals surface area contributed by atoms with Crippen molar-refractivity contribution in [2.75, 3.05) is 18.7 Å². The van der Waals surface area contributed by atoms with Crippen molar-refractivity contribution in [2.45, 2.75) is 26.2 Å². The second-order valence-corrected chi connectivity index (χ2v) is 4.59. The summed E-state index contributed by atoms with van der Waals surface area (Å²) < 4.78 is 10.5. The van der Waals surface area contributed by atoms with Crippen LogP contribution in [0.2, 0.25) is 0 Å². The first-order valence-electron chi connectivity index (χ1n) is 6.65. The zero-order valence-corrected chi connectivity index (χ0v) is 11.1. The lowest BCUT2D eigenvalue weighted by Gasteiger charge is -2.14. The van der Waals surface area contributed by atoms with Crippen molar-refractivity contribution in [1.82, 2.24) is 0 Å². The maximum absolute atomic E-state index is 12.1.